The summed E-state index contributed by atoms with van der Waals surface area (Å²) in [6.45, 7) is 6.77. The number of hydrogen-bond acceptors (Lipinski definition) is 3. The van der Waals surface area contributed by atoms with Crippen molar-refractivity contribution >= 4 is 5.91 Å². The molecule has 0 radical (unpaired) electrons. The van der Waals surface area contributed by atoms with Crippen molar-refractivity contribution in [3.05, 3.63) is 29.3 Å². The highest BCUT2D eigenvalue weighted by Gasteiger charge is 2.18. The van der Waals surface area contributed by atoms with E-state index < -0.39 is 0 Å². The van der Waals surface area contributed by atoms with Crippen LogP contribution in [0.25, 0.3) is 0 Å². The Morgan fingerprint density at radius 3 is 2.61 bits per heavy atom. The average Bonchev–Trinajstić information content (AvgIpc) is 2.32. The third-order valence-corrected chi connectivity index (χ3v) is 2.88. The molecule has 0 unspecified atom stereocenters. The number of aromatic hydroxyl groups is 1. The monoisotopic (exact) mass is 251 g/mol. The number of rotatable bonds is 5. The molecule has 0 aromatic heterocycles. The van der Waals surface area contributed by atoms with Gasteiger partial charge in [0.2, 0.25) is 0 Å². The first-order valence-corrected chi connectivity index (χ1v) is 6.07. The molecule has 18 heavy (non-hydrogen) atoms. The fourth-order valence-corrected chi connectivity index (χ4v) is 1.69. The second kappa shape index (κ2) is 6.40. The number of benzene rings is 1. The number of carbonyl (C=O) groups excluding carboxylic acids is 1. The maximum absolute atomic E-state index is 12.3. The zero-order chi connectivity index (χ0) is 13.7. The summed E-state index contributed by atoms with van der Waals surface area (Å²) >= 11 is 0. The summed E-state index contributed by atoms with van der Waals surface area (Å²) in [5.41, 5.74) is 1.27. The Hall–Kier alpha value is -1.55. The van der Waals surface area contributed by atoms with Gasteiger partial charge in [0.25, 0.3) is 5.91 Å². The highest BCUT2D eigenvalue weighted by Crippen LogP contribution is 2.19. The lowest BCUT2D eigenvalue weighted by molar-refractivity contribution is 0.0634. The van der Waals surface area contributed by atoms with Crippen LogP contribution in [-0.4, -0.2) is 42.2 Å². The average molecular weight is 251 g/mol. The fourth-order valence-electron chi connectivity index (χ4n) is 1.69. The predicted octanol–water partition coefficient (Wildman–Crippen LogP) is 2.20. The molecule has 0 atom stereocenters. The number of hydrogen-bond donors (Lipinski definition) is 1. The maximum atomic E-state index is 12.3. The van der Waals surface area contributed by atoms with E-state index in [0.717, 1.165) is 5.56 Å². The van der Waals surface area contributed by atoms with Gasteiger partial charge in [0, 0.05) is 25.3 Å². The molecule has 4 nitrogen and oxygen atoms in total. The minimum Gasteiger partial charge on any atom is -0.508 e. The summed E-state index contributed by atoms with van der Waals surface area (Å²) in [6, 6.07) is 5.09. The van der Waals surface area contributed by atoms with Crippen molar-refractivity contribution in [3.8, 4) is 5.75 Å². The molecule has 0 saturated heterocycles. The largest absolute Gasteiger partial charge is 0.508 e. The molecule has 4 heteroatoms. The SMILES string of the molecule is COCCN(C(=O)c1ccc(C)c(O)c1)C(C)C. The Bertz CT molecular complexity index is 416. The minimum absolute atomic E-state index is 0.0858. The summed E-state index contributed by atoms with van der Waals surface area (Å²) in [6.07, 6.45) is 0. The molecule has 0 heterocycles. The van der Waals surface area contributed by atoms with Gasteiger partial charge in [0.15, 0.2) is 0 Å². The zero-order valence-corrected chi connectivity index (χ0v) is 11.4. The lowest BCUT2D eigenvalue weighted by Gasteiger charge is -2.26. The summed E-state index contributed by atoms with van der Waals surface area (Å²) in [7, 11) is 1.61. The van der Waals surface area contributed by atoms with Crippen LogP contribution in [0.5, 0.6) is 5.75 Å². The quantitative estimate of drug-likeness (QED) is 0.872. The van der Waals surface area contributed by atoms with Gasteiger partial charge in [-0.15, -0.1) is 0 Å². The molecule has 0 saturated carbocycles. The first kappa shape index (κ1) is 14.5. The molecule has 1 rings (SSSR count). The highest BCUT2D eigenvalue weighted by molar-refractivity contribution is 5.94. The number of ether oxygens (including phenoxy) is 1. The Kier molecular flexibility index (Phi) is 5.16. The van der Waals surface area contributed by atoms with Gasteiger partial charge in [-0.2, -0.15) is 0 Å². The van der Waals surface area contributed by atoms with Gasteiger partial charge in [-0.05, 0) is 38.5 Å². The molecule has 0 fully saturated rings. The minimum atomic E-state index is -0.0858. The first-order valence-electron chi connectivity index (χ1n) is 6.07. The molecule has 0 spiro atoms. The van der Waals surface area contributed by atoms with E-state index in [1.165, 1.54) is 6.07 Å². The lowest BCUT2D eigenvalue weighted by Crippen LogP contribution is -2.39. The molecule has 0 bridgehead atoms. The number of carbonyl (C=O) groups is 1. The summed E-state index contributed by atoms with van der Waals surface area (Å²) in [5, 5.41) is 9.65. The van der Waals surface area contributed by atoms with Gasteiger partial charge >= 0.3 is 0 Å². The van der Waals surface area contributed by atoms with Crippen LogP contribution >= 0.6 is 0 Å². The van der Waals surface area contributed by atoms with Crippen LogP contribution in [0.4, 0.5) is 0 Å². The van der Waals surface area contributed by atoms with Gasteiger partial charge in [0.05, 0.1) is 6.61 Å². The molecule has 0 aliphatic heterocycles. The Morgan fingerprint density at radius 2 is 2.11 bits per heavy atom. The Labute approximate surface area is 108 Å². The number of aryl methyl sites for hydroxylation is 1. The van der Waals surface area contributed by atoms with Crippen molar-refractivity contribution in [2.24, 2.45) is 0 Å². The lowest BCUT2D eigenvalue weighted by atomic mass is 10.1. The fraction of sp³-hybridized carbons (Fsp3) is 0.500. The second-order valence-electron chi connectivity index (χ2n) is 4.59. The maximum Gasteiger partial charge on any atom is 0.254 e. The van der Waals surface area contributed by atoms with Crippen molar-refractivity contribution in [1.82, 2.24) is 4.90 Å². The van der Waals surface area contributed by atoms with Crippen LogP contribution < -0.4 is 0 Å². The van der Waals surface area contributed by atoms with E-state index in [-0.39, 0.29) is 17.7 Å². The van der Waals surface area contributed by atoms with Crippen molar-refractivity contribution in [1.29, 1.82) is 0 Å². The van der Waals surface area contributed by atoms with Crippen LogP contribution in [0.2, 0.25) is 0 Å². The van der Waals surface area contributed by atoms with Crippen LogP contribution in [0, 0.1) is 6.92 Å². The molecule has 0 aliphatic rings. The normalized spacial score (nSPS) is 10.7. The van der Waals surface area contributed by atoms with E-state index in [1.807, 2.05) is 13.8 Å². The van der Waals surface area contributed by atoms with E-state index in [4.69, 9.17) is 4.74 Å². The zero-order valence-electron chi connectivity index (χ0n) is 11.4. The van der Waals surface area contributed by atoms with E-state index in [1.54, 1.807) is 31.1 Å². The third-order valence-electron chi connectivity index (χ3n) is 2.88. The molecule has 100 valence electrons. The molecular weight excluding hydrogens is 230 g/mol. The number of phenols is 1. The summed E-state index contributed by atoms with van der Waals surface area (Å²) in [4.78, 5) is 14.0. The van der Waals surface area contributed by atoms with E-state index >= 15 is 0 Å². The van der Waals surface area contributed by atoms with Gasteiger partial charge in [-0.1, -0.05) is 6.07 Å². The number of nitrogens with zero attached hydrogens (tertiary/aromatic N) is 1. The smallest absolute Gasteiger partial charge is 0.254 e. The Balaban J connectivity index is 2.91. The van der Waals surface area contributed by atoms with E-state index in [2.05, 4.69) is 0 Å². The van der Waals surface area contributed by atoms with Crippen molar-refractivity contribution < 1.29 is 14.6 Å². The molecular formula is C14H21NO3. The summed E-state index contributed by atoms with van der Waals surface area (Å²) < 4.78 is 5.01. The number of phenolic OH excluding ortho intramolecular Hbond substituents is 1. The van der Waals surface area contributed by atoms with Crippen LogP contribution in [-0.2, 0) is 4.74 Å². The molecule has 1 N–H and O–H groups in total. The van der Waals surface area contributed by atoms with E-state index in [9.17, 15) is 9.90 Å². The van der Waals surface area contributed by atoms with Gasteiger partial charge in [0.1, 0.15) is 5.75 Å². The van der Waals surface area contributed by atoms with Gasteiger partial charge < -0.3 is 14.7 Å². The van der Waals surface area contributed by atoms with Crippen molar-refractivity contribution in [2.45, 2.75) is 26.8 Å². The topological polar surface area (TPSA) is 49.8 Å². The number of amides is 1. The Morgan fingerprint density at radius 1 is 1.44 bits per heavy atom. The second-order valence-corrected chi connectivity index (χ2v) is 4.59. The van der Waals surface area contributed by atoms with E-state index in [0.29, 0.717) is 18.7 Å². The number of methoxy groups -OCH3 is 1. The van der Waals surface area contributed by atoms with Crippen LogP contribution in [0.1, 0.15) is 29.8 Å². The third kappa shape index (κ3) is 3.47. The first-order chi connectivity index (χ1) is 8.47. The van der Waals surface area contributed by atoms with Crippen molar-refractivity contribution in [3.63, 3.8) is 0 Å². The molecule has 1 aromatic carbocycles. The molecule has 1 amide bonds. The highest BCUT2D eigenvalue weighted by atomic mass is 16.5. The molecule has 1 aromatic rings. The standard InChI is InChI=1S/C14H21NO3/c1-10(2)15(7-8-18-4)14(17)12-6-5-11(3)13(16)9-12/h5-6,9-10,16H,7-8H2,1-4H3. The summed E-state index contributed by atoms with van der Waals surface area (Å²) in [5.74, 6) is 0.0636. The van der Waals surface area contributed by atoms with Crippen LogP contribution in [0.3, 0.4) is 0 Å². The van der Waals surface area contributed by atoms with Gasteiger partial charge in [-0.3, -0.25) is 4.79 Å². The van der Waals surface area contributed by atoms with Crippen molar-refractivity contribution in [2.75, 3.05) is 20.3 Å². The predicted molar refractivity (Wildman–Crippen MR) is 70.9 cm³/mol. The molecule has 0 aliphatic carbocycles. The van der Waals surface area contributed by atoms with Crippen LogP contribution in [0.15, 0.2) is 18.2 Å². The van der Waals surface area contributed by atoms with Gasteiger partial charge in [-0.25, -0.2) is 0 Å².